The first-order valence-electron chi connectivity index (χ1n) is 7.65. The number of hydrogen-bond donors (Lipinski definition) is 0. The number of para-hydroxylation sites is 1. The minimum Gasteiger partial charge on any atom is -0.493 e. The van der Waals surface area contributed by atoms with Gasteiger partial charge in [-0.05, 0) is 35.9 Å². The maximum atomic E-state index is 11.2. The highest BCUT2D eigenvalue weighted by Crippen LogP contribution is 2.32. The fourth-order valence-corrected chi connectivity index (χ4v) is 2.65. The van der Waals surface area contributed by atoms with Crippen molar-refractivity contribution < 1.29 is 18.8 Å². The number of benzene rings is 2. The Morgan fingerprint density at radius 2 is 1.76 bits per heavy atom. The summed E-state index contributed by atoms with van der Waals surface area (Å²) in [5, 5.41) is 11.2. The minimum atomic E-state index is -0.411. The van der Waals surface area contributed by atoms with E-state index in [2.05, 4.69) is 0 Å². The largest absolute Gasteiger partial charge is 0.493 e. The standard InChI is InChI=1S/C19H17NO5/c1-23-18-9-7-13(12-19(18)24-2)11-14-8-10-17(25-14)15-5-3-4-6-16(15)20(21)22/h3-10,12H,11H2,1-2H3. The highest BCUT2D eigenvalue weighted by molar-refractivity contribution is 5.69. The summed E-state index contributed by atoms with van der Waals surface area (Å²) in [7, 11) is 3.17. The van der Waals surface area contributed by atoms with Gasteiger partial charge >= 0.3 is 0 Å². The second-order valence-electron chi connectivity index (χ2n) is 5.41. The number of nitro benzene ring substituents is 1. The topological polar surface area (TPSA) is 74.7 Å². The van der Waals surface area contributed by atoms with Crippen molar-refractivity contribution >= 4 is 5.69 Å². The summed E-state index contributed by atoms with van der Waals surface area (Å²) in [4.78, 5) is 10.8. The smallest absolute Gasteiger partial charge is 0.280 e. The van der Waals surface area contributed by atoms with Crippen LogP contribution in [0.15, 0.2) is 59.0 Å². The maximum Gasteiger partial charge on any atom is 0.280 e. The Labute approximate surface area is 144 Å². The lowest BCUT2D eigenvalue weighted by Crippen LogP contribution is -1.93. The number of hydrogen-bond acceptors (Lipinski definition) is 5. The normalized spacial score (nSPS) is 10.5. The molecule has 6 nitrogen and oxygen atoms in total. The van der Waals surface area contributed by atoms with Crippen molar-refractivity contribution in [2.45, 2.75) is 6.42 Å². The Morgan fingerprint density at radius 3 is 2.48 bits per heavy atom. The van der Waals surface area contributed by atoms with Gasteiger partial charge in [-0.3, -0.25) is 10.1 Å². The van der Waals surface area contributed by atoms with Crippen LogP contribution < -0.4 is 9.47 Å². The first-order chi connectivity index (χ1) is 12.1. The lowest BCUT2D eigenvalue weighted by atomic mass is 10.1. The lowest BCUT2D eigenvalue weighted by molar-refractivity contribution is -0.384. The van der Waals surface area contributed by atoms with Crippen LogP contribution in [0.3, 0.4) is 0 Å². The van der Waals surface area contributed by atoms with Crippen LogP contribution in [-0.4, -0.2) is 19.1 Å². The summed E-state index contributed by atoms with van der Waals surface area (Å²) >= 11 is 0. The van der Waals surface area contributed by atoms with Gasteiger partial charge in [-0.2, -0.15) is 0 Å². The number of rotatable bonds is 6. The van der Waals surface area contributed by atoms with Crippen molar-refractivity contribution in [3.8, 4) is 22.8 Å². The van der Waals surface area contributed by atoms with Crippen LogP contribution in [0, 0.1) is 10.1 Å². The third-order valence-corrected chi connectivity index (χ3v) is 3.85. The van der Waals surface area contributed by atoms with Crippen molar-refractivity contribution in [2.75, 3.05) is 14.2 Å². The SMILES string of the molecule is COc1ccc(Cc2ccc(-c3ccccc3[N+](=O)[O-])o2)cc1OC. The molecule has 6 heteroatoms. The van der Waals surface area contributed by atoms with Gasteiger partial charge in [0.05, 0.1) is 24.7 Å². The number of methoxy groups -OCH3 is 2. The molecule has 1 aromatic heterocycles. The molecular formula is C19H17NO5. The van der Waals surface area contributed by atoms with E-state index in [1.165, 1.54) is 6.07 Å². The van der Waals surface area contributed by atoms with E-state index in [9.17, 15) is 10.1 Å². The van der Waals surface area contributed by atoms with E-state index in [-0.39, 0.29) is 5.69 Å². The van der Waals surface area contributed by atoms with E-state index < -0.39 is 4.92 Å². The van der Waals surface area contributed by atoms with Crippen molar-refractivity contribution in [1.29, 1.82) is 0 Å². The van der Waals surface area contributed by atoms with Gasteiger partial charge in [0.15, 0.2) is 11.5 Å². The molecule has 3 rings (SSSR count). The van der Waals surface area contributed by atoms with E-state index in [1.54, 1.807) is 38.5 Å². The molecule has 2 aromatic carbocycles. The van der Waals surface area contributed by atoms with Gasteiger partial charge in [-0.1, -0.05) is 18.2 Å². The van der Waals surface area contributed by atoms with Crippen LogP contribution in [0.5, 0.6) is 11.5 Å². The summed E-state index contributed by atoms with van der Waals surface area (Å²) in [5.41, 5.74) is 1.47. The molecule has 0 aliphatic heterocycles. The molecule has 0 amide bonds. The molecule has 0 fully saturated rings. The van der Waals surface area contributed by atoms with Crippen LogP contribution in [0.1, 0.15) is 11.3 Å². The quantitative estimate of drug-likeness (QED) is 0.489. The molecule has 0 saturated carbocycles. The average molecular weight is 339 g/mol. The zero-order valence-electron chi connectivity index (χ0n) is 13.9. The summed E-state index contributed by atoms with van der Waals surface area (Å²) in [6.07, 6.45) is 0.543. The van der Waals surface area contributed by atoms with Crippen LogP contribution in [0.4, 0.5) is 5.69 Å². The molecule has 128 valence electrons. The van der Waals surface area contributed by atoms with Crippen molar-refractivity contribution in [3.63, 3.8) is 0 Å². The van der Waals surface area contributed by atoms with Crippen LogP contribution in [0.2, 0.25) is 0 Å². The number of nitro groups is 1. The van der Waals surface area contributed by atoms with Crippen molar-refractivity contribution in [2.24, 2.45) is 0 Å². The van der Waals surface area contributed by atoms with Gasteiger partial charge in [-0.15, -0.1) is 0 Å². The summed E-state index contributed by atoms with van der Waals surface area (Å²) in [5.74, 6) is 2.49. The molecule has 1 heterocycles. The molecule has 0 N–H and O–H groups in total. The Morgan fingerprint density at radius 1 is 1.00 bits per heavy atom. The van der Waals surface area contributed by atoms with Crippen molar-refractivity contribution in [1.82, 2.24) is 0 Å². The van der Waals surface area contributed by atoms with Gasteiger partial charge in [0.25, 0.3) is 5.69 Å². The van der Waals surface area contributed by atoms with E-state index >= 15 is 0 Å². The third-order valence-electron chi connectivity index (χ3n) is 3.85. The van der Waals surface area contributed by atoms with Gasteiger partial charge in [0, 0.05) is 12.5 Å². The second-order valence-corrected chi connectivity index (χ2v) is 5.41. The fourth-order valence-electron chi connectivity index (χ4n) is 2.65. The monoisotopic (exact) mass is 339 g/mol. The van der Waals surface area contributed by atoms with Crippen LogP contribution in [0.25, 0.3) is 11.3 Å². The molecule has 3 aromatic rings. The molecule has 0 radical (unpaired) electrons. The van der Waals surface area contributed by atoms with E-state index in [0.717, 1.165) is 5.56 Å². The third kappa shape index (κ3) is 3.47. The van der Waals surface area contributed by atoms with E-state index in [4.69, 9.17) is 13.9 Å². The molecule has 25 heavy (non-hydrogen) atoms. The molecular weight excluding hydrogens is 322 g/mol. The predicted molar refractivity (Wildman–Crippen MR) is 93.2 cm³/mol. The minimum absolute atomic E-state index is 0.0227. The number of nitrogens with zero attached hydrogens (tertiary/aromatic N) is 1. The van der Waals surface area contributed by atoms with Crippen molar-refractivity contribution in [3.05, 3.63) is 76.0 Å². The summed E-state index contributed by atoms with van der Waals surface area (Å²) in [6, 6.07) is 15.7. The molecule has 0 atom stereocenters. The summed E-state index contributed by atoms with van der Waals surface area (Å²) in [6.45, 7) is 0. The second kappa shape index (κ2) is 7.09. The van der Waals surface area contributed by atoms with Gasteiger partial charge < -0.3 is 13.9 Å². The van der Waals surface area contributed by atoms with E-state index in [1.807, 2.05) is 24.3 Å². The molecule has 0 spiro atoms. The highest BCUT2D eigenvalue weighted by Gasteiger charge is 2.17. The van der Waals surface area contributed by atoms with Gasteiger partial charge in [0.2, 0.25) is 0 Å². The van der Waals surface area contributed by atoms with Crippen LogP contribution in [-0.2, 0) is 6.42 Å². The first kappa shape index (κ1) is 16.6. The fraction of sp³-hybridized carbons (Fsp3) is 0.158. The zero-order chi connectivity index (χ0) is 17.8. The molecule has 0 saturated heterocycles. The highest BCUT2D eigenvalue weighted by atomic mass is 16.6. The number of furan rings is 1. The summed E-state index contributed by atoms with van der Waals surface area (Å²) < 4.78 is 16.3. The van der Waals surface area contributed by atoms with Crippen LogP contribution >= 0.6 is 0 Å². The van der Waals surface area contributed by atoms with Gasteiger partial charge in [-0.25, -0.2) is 0 Å². The molecule has 0 aliphatic carbocycles. The lowest BCUT2D eigenvalue weighted by Gasteiger charge is -2.08. The maximum absolute atomic E-state index is 11.2. The number of ether oxygens (including phenoxy) is 2. The van der Waals surface area contributed by atoms with E-state index in [0.29, 0.717) is 35.0 Å². The molecule has 0 unspecified atom stereocenters. The molecule has 0 aliphatic rings. The molecule has 0 bridgehead atoms. The predicted octanol–water partition coefficient (Wildman–Crippen LogP) is 4.46. The van der Waals surface area contributed by atoms with Gasteiger partial charge in [0.1, 0.15) is 11.5 Å². The Kier molecular flexibility index (Phi) is 4.70. The Balaban J connectivity index is 1.87. The first-order valence-corrected chi connectivity index (χ1v) is 7.65. The Hall–Kier alpha value is -3.28. The average Bonchev–Trinajstić information content (AvgIpc) is 3.09. The Bertz CT molecular complexity index is 900. The zero-order valence-corrected chi connectivity index (χ0v) is 13.9.